The van der Waals surface area contributed by atoms with Gasteiger partial charge in [0.15, 0.2) is 6.29 Å². The molecule has 1 aliphatic heterocycles. The molecule has 220 valence electrons. The van der Waals surface area contributed by atoms with Gasteiger partial charge in [-0.3, -0.25) is 0 Å². The van der Waals surface area contributed by atoms with Gasteiger partial charge in [0.05, 0.1) is 24.7 Å². The van der Waals surface area contributed by atoms with Crippen LogP contribution in [0.3, 0.4) is 0 Å². The Hall–Kier alpha value is -2.26. The Labute approximate surface area is 231 Å². The smallest absolute Gasteiger partial charge is 0.416 e. The molecule has 0 N–H and O–H groups in total. The summed E-state index contributed by atoms with van der Waals surface area (Å²) in [5.41, 5.74) is -0.627. The minimum Gasteiger partial charge on any atom is -0.432 e. The summed E-state index contributed by atoms with van der Waals surface area (Å²) < 4.78 is 100. The maximum absolute atomic E-state index is 15.1. The lowest BCUT2D eigenvalue weighted by Gasteiger charge is -2.41. The summed E-state index contributed by atoms with van der Waals surface area (Å²) in [7, 11) is 0. The van der Waals surface area contributed by atoms with Crippen LogP contribution in [0.4, 0.5) is 26.3 Å². The first-order valence-corrected chi connectivity index (χ1v) is 14.3. The monoisotopic (exact) mass is 570 g/mol. The van der Waals surface area contributed by atoms with E-state index in [1.165, 1.54) is 12.1 Å². The molecule has 2 aliphatic carbocycles. The number of ether oxygens (including phenoxy) is 3. The fourth-order valence-electron chi connectivity index (χ4n) is 6.57. The van der Waals surface area contributed by atoms with Crippen LogP contribution in [-0.4, -0.2) is 25.6 Å². The van der Waals surface area contributed by atoms with Crippen LogP contribution in [0.15, 0.2) is 42.5 Å². The van der Waals surface area contributed by atoms with Gasteiger partial charge in [0, 0.05) is 23.5 Å². The van der Waals surface area contributed by atoms with Crippen LogP contribution in [-0.2, 0) is 15.7 Å². The number of rotatable bonds is 6. The van der Waals surface area contributed by atoms with E-state index in [1.807, 2.05) is 0 Å². The van der Waals surface area contributed by atoms with Crippen molar-refractivity contribution < 1.29 is 40.6 Å². The highest BCUT2D eigenvalue weighted by Gasteiger charge is 2.45. The second kappa shape index (κ2) is 11.9. The van der Waals surface area contributed by atoms with Crippen LogP contribution in [0, 0.1) is 35.4 Å². The molecule has 0 atom stereocenters. The Kier molecular flexibility index (Phi) is 8.72. The molecule has 2 aromatic rings. The minimum atomic E-state index is -4.50. The first-order valence-electron chi connectivity index (χ1n) is 14.3. The van der Waals surface area contributed by atoms with Crippen LogP contribution in [0.2, 0.25) is 0 Å². The molecule has 40 heavy (non-hydrogen) atoms. The van der Waals surface area contributed by atoms with E-state index in [1.54, 1.807) is 0 Å². The first-order chi connectivity index (χ1) is 19.0. The van der Waals surface area contributed by atoms with E-state index in [0.717, 1.165) is 69.2 Å². The van der Waals surface area contributed by atoms with Gasteiger partial charge < -0.3 is 14.2 Å². The summed E-state index contributed by atoms with van der Waals surface area (Å²) in [4.78, 5) is 0. The first kappa shape index (κ1) is 29.2. The lowest BCUT2D eigenvalue weighted by Crippen LogP contribution is -2.40. The number of halogens is 6. The van der Waals surface area contributed by atoms with Gasteiger partial charge in [-0.15, -0.1) is 0 Å². The molecule has 5 rings (SSSR count). The van der Waals surface area contributed by atoms with Crippen LogP contribution >= 0.6 is 0 Å². The average molecular weight is 571 g/mol. The summed E-state index contributed by atoms with van der Waals surface area (Å²) in [6.45, 7) is 3.58. The normalized spacial score (nSPS) is 30.2. The largest absolute Gasteiger partial charge is 0.432 e. The summed E-state index contributed by atoms with van der Waals surface area (Å²) in [5, 5.41) is 0. The number of hydrogen-bond acceptors (Lipinski definition) is 3. The highest BCUT2D eigenvalue weighted by atomic mass is 19.4. The maximum Gasteiger partial charge on any atom is 0.416 e. The second-order valence-electron chi connectivity index (χ2n) is 11.8. The highest BCUT2D eigenvalue weighted by Crippen LogP contribution is 2.46. The highest BCUT2D eigenvalue weighted by molar-refractivity contribution is 5.65. The van der Waals surface area contributed by atoms with Gasteiger partial charge in [-0.2, -0.15) is 22.0 Å². The molecule has 3 fully saturated rings. The third-order valence-corrected chi connectivity index (χ3v) is 8.92. The van der Waals surface area contributed by atoms with Crippen molar-refractivity contribution >= 4 is 0 Å². The van der Waals surface area contributed by atoms with E-state index in [9.17, 15) is 17.6 Å². The predicted molar refractivity (Wildman–Crippen MR) is 138 cm³/mol. The molecule has 2 saturated carbocycles. The van der Waals surface area contributed by atoms with Gasteiger partial charge in [0.25, 0.3) is 0 Å². The Bertz CT molecular complexity index is 1110. The van der Waals surface area contributed by atoms with E-state index >= 15 is 8.78 Å². The number of hydrogen-bond donors (Lipinski definition) is 0. The Balaban J connectivity index is 1.12. The Morgan fingerprint density at radius 2 is 1.27 bits per heavy atom. The molecule has 0 unspecified atom stereocenters. The van der Waals surface area contributed by atoms with E-state index in [4.69, 9.17) is 14.2 Å². The van der Waals surface area contributed by atoms with Gasteiger partial charge in [-0.05, 0) is 93.0 Å². The molecule has 9 heteroatoms. The van der Waals surface area contributed by atoms with Crippen molar-refractivity contribution in [1.29, 1.82) is 0 Å². The van der Waals surface area contributed by atoms with Crippen molar-refractivity contribution in [2.75, 3.05) is 13.2 Å². The fourth-order valence-corrected chi connectivity index (χ4v) is 6.57. The molecule has 2 aromatic carbocycles. The zero-order chi connectivity index (χ0) is 28.5. The molecule has 0 radical (unpaired) electrons. The number of benzene rings is 2. The summed E-state index contributed by atoms with van der Waals surface area (Å²) >= 11 is 0. The third-order valence-electron chi connectivity index (χ3n) is 8.92. The van der Waals surface area contributed by atoms with Crippen LogP contribution in [0.5, 0.6) is 5.75 Å². The van der Waals surface area contributed by atoms with E-state index in [-0.39, 0.29) is 23.2 Å². The molecule has 0 aromatic heterocycles. The Morgan fingerprint density at radius 1 is 0.725 bits per heavy atom. The lowest BCUT2D eigenvalue weighted by atomic mass is 9.69. The average Bonchev–Trinajstić information content (AvgIpc) is 2.93. The van der Waals surface area contributed by atoms with Crippen molar-refractivity contribution in [1.82, 2.24) is 0 Å². The molecule has 3 nitrogen and oxygen atoms in total. The molecular formula is C31H36F6O3. The van der Waals surface area contributed by atoms with Crippen molar-refractivity contribution in [3.8, 4) is 16.9 Å². The molecule has 1 heterocycles. The van der Waals surface area contributed by atoms with Crippen molar-refractivity contribution in [2.45, 2.75) is 76.9 Å². The molecule has 0 amide bonds. The van der Waals surface area contributed by atoms with Gasteiger partial charge in [-0.1, -0.05) is 19.1 Å². The van der Waals surface area contributed by atoms with Crippen LogP contribution in [0.1, 0.15) is 63.9 Å². The van der Waals surface area contributed by atoms with Gasteiger partial charge in [0.1, 0.15) is 11.6 Å². The summed E-state index contributed by atoms with van der Waals surface area (Å²) in [6, 6.07) is 7.36. The SMILES string of the molecule is CC1COC(C2CCC(C3CCC(C(F)(F)Oc4ccc(-c5ccc(C(F)(F)F)cc5)c(F)c4)CC3)CC2)OC1. The van der Waals surface area contributed by atoms with Crippen molar-refractivity contribution in [2.24, 2.45) is 29.6 Å². The summed E-state index contributed by atoms with van der Waals surface area (Å²) in [5.74, 6) is -0.322. The van der Waals surface area contributed by atoms with Crippen molar-refractivity contribution in [3.05, 3.63) is 53.8 Å². The summed E-state index contributed by atoms with van der Waals surface area (Å²) in [6.07, 6.45) is -1.73. The minimum absolute atomic E-state index is 0.00999. The molecule has 1 saturated heterocycles. The maximum atomic E-state index is 15.1. The molecule has 0 bridgehead atoms. The lowest BCUT2D eigenvalue weighted by molar-refractivity contribution is -0.229. The molecule has 0 spiro atoms. The second-order valence-corrected chi connectivity index (χ2v) is 11.8. The zero-order valence-corrected chi connectivity index (χ0v) is 22.6. The quantitative estimate of drug-likeness (QED) is 0.324. The number of alkyl halides is 5. The van der Waals surface area contributed by atoms with E-state index in [0.29, 0.717) is 49.4 Å². The van der Waals surface area contributed by atoms with Gasteiger partial charge in [0.2, 0.25) is 0 Å². The molecular weight excluding hydrogens is 534 g/mol. The van der Waals surface area contributed by atoms with E-state index < -0.39 is 29.6 Å². The van der Waals surface area contributed by atoms with Crippen LogP contribution in [0.25, 0.3) is 11.1 Å². The zero-order valence-electron chi connectivity index (χ0n) is 22.6. The van der Waals surface area contributed by atoms with Crippen molar-refractivity contribution in [3.63, 3.8) is 0 Å². The fraction of sp³-hybridized carbons (Fsp3) is 0.613. The predicted octanol–water partition coefficient (Wildman–Crippen LogP) is 9.10. The topological polar surface area (TPSA) is 27.7 Å². The van der Waals surface area contributed by atoms with Crippen LogP contribution < -0.4 is 4.74 Å². The standard InChI is InChI=1S/C31H36F6O3/c1-19-17-38-29(39-18-19)23-4-2-20(3-5-23)21-6-12-25(13-7-21)31(36,37)40-26-14-15-27(28(32)16-26)22-8-10-24(11-9-22)30(33,34)35/h8-11,14-16,19-21,23,25,29H,2-7,12-13,17-18H2,1H3. The van der Waals surface area contributed by atoms with Gasteiger partial charge >= 0.3 is 12.3 Å². The van der Waals surface area contributed by atoms with E-state index in [2.05, 4.69) is 6.92 Å². The van der Waals surface area contributed by atoms with Gasteiger partial charge in [-0.25, -0.2) is 4.39 Å². The third kappa shape index (κ3) is 6.78. The Morgan fingerprint density at radius 3 is 1.82 bits per heavy atom. The molecule has 3 aliphatic rings.